The SMILES string of the molecule is COc1ccc(S(=O)(=O)N(CC(=O)N(Cc2ccc(F)cc2)[C@H](Cc2ccccc2)C(=O)NC2CCCC2)c2ccc(C)cc2)cc1. The van der Waals surface area contributed by atoms with Crippen LogP contribution in [0.4, 0.5) is 10.1 Å². The van der Waals surface area contributed by atoms with E-state index in [-0.39, 0.29) is 29.8 Å². The Morgan fingerprint density at radius 3 is 2.13 bits per heavy atom. The van der Waals surface area contributed by atoms with Crippen LogP contribution in [-0.2, 0) is 32.6 Å². The van der Waals surface area contributed by atoms with E-state index in [1.807, 2.05) is 37.3 Å². The molecule has 1 N–H and O–H groups in total. The van der Waals surface area contributed by atoms with Crippen LogP contribution in [0, 0.1) is 12.7 Å². The molecule has 0 saturated heterocycles. The van der Waals surface area contributed by atoms with Gasteiger partial charge in [-0.3, -0.25) is 13.9 Å². The molecule has 8 nitrogen and oxygen atoms in total. The summed E-state index contributed by atoms with van der Waals surface area (Å²) < 4.78 is 48.6. The number of aryl methyl sites for hydroxylation is 1. The normalized spacial score (nSPS) is 13.9. The van der Waals surface area contributed by atoms with Gasteiger partial charge in [0.2, 0.25) is 11.8 Å². The zero-order valence-corrected chi connectivity index (χ0v) is 27.5. The van der Waals surface area contributed by atoms with Crippen molar-refractivity contribution in [1.29, 1.82) is 0 Å². The lowest BCUT2D eigenvalue weighted by atomic mass is 10.0. The third-order valence-electron chi connectivity index (χ3n) is 8.49. The van der Waals surface area contributed by atoms with Gasteiger partial charge in [0.25, 0.3) is 10.0 Å². The van der Waals surface area contributed by atoms with Gasteiger partial charge in [-0.25, -0.2) is 12.8 Å². The molecule has 0 heterocycles. The highest BCUT2D eigenvalue weighted by atomic mass is 32.2. The predicted octanol–water partition coefficient (Wildman–Crippen LogP) is 6.04. The third kappa shape index (κ3) is 8.56. The number of halogens is 1. The number of benzene rings is 4. The fraction of sp³-hybridized carbons (Fsp3) is 0.297. The molecule has 0 radical (unpaired) electrons. The van der Waals surface area contributed by atoms with Gasteiger partial charge in [0.15, 0.2) is 0 Å². The molecule has 5 rings (SSSR count). The van der Waals surface area contributed by atoms with Crippen molar-refractivity contribution >= 4 is 27.5 Å². The van der Waals surface area contributed by atoms with E-state index in [9.17, 15) is 22.4 Å². The monoisotopic (exact) mass is 657 g/mol. The third-order valence-corrected chi connectivity index (χ3v) is 10.3. The van der Waals surface area contributed by atoms with E-state index in [0.717, 1.165) is 41.1 Å². The second-order valence-electron chi connectivity index (χ2n) is 11.9. The van der Waals surface area contributed by atoms with Crippen molar-refractivity contribution in [3.05, 3.63) is 126 Å². The van der Waals surface area contributed by atoms with Crippen molar-refractivity contribution < 1.29 is 27.1 Å². The molecule has 1 atom stereocenters. The summed E-state index contributed by atoms with van der Waals surface area (Å²) >= 11 is 0. The van der Waals surface area contributed by atoms with E-state index >= 15 is 0 Å². The van der Waals surface area contributed by atoms with Crippen LogP contribution in [0.3, 0.4) is 0 Å². The van der Waals surface area contributed by atoms with Crippen LogP contribution >= 0.6 is 0 Å². The second kappa shape index (κ2) is 15.3. The molecule has 246 valence electrons. The highest BCUT2D eigenvalue weighted by molar-refractivity contribution is 7.92. The van der Waals surface area contributed by atoms with Crippen molar-refractivity contribution in [3.8, 4) is 5.75 Å². The Hall–Kier alpha value is -4.70. The molecule has 1 fully saturated rings. The zero-order valence-electron chi connectivity index (χ0n) is 26.6. The summed E-state index contributed by atoms with van der Waals surface area (Å²) in [7, 11) is -2.75. The van der Waals surface area contributed by atoms with Gasteiger partial charge < -0.3 is 15.0 Å². The topological polar surface area (TPSA) is 96.0 Å². The number of carbonyl (C=O) groups is 2. The van der Waals surface area contributed by atoms with Crippen LogP contribution in [0.15, 0.2) is 108 Å². The minimum absolute atomic E-state index is 0.00283. The molecule has 1 aliphatic carbocycles. The Balaban J connectivity index is 1.55. The van der Waals surface area contributed by atoms with Gasteiger partial charge in [-0.05, 0) is 79.4 Å². The maximum absolute atomic E-state index is 14.6. The van der Waals surface area contributed by atoms with Crippen molar-refractivity contribution in [2.75, 3.05) is 18.0 Å². The average Bonchev–Trinajstić information content (AvgIpc) is 3.60. The van der Waals surface area contributed by atoms with Crippen molar-refractivity contribution in [2.45, 2.75) is 62.6 Å². The molecule has 47 heavy (non-hydrogen) atoms. The molecule has 4 aromatic carbocycles. The fourth-order valence-corrected chi connectivity index (χ4v) is 7.24. The summed E-state index contributed by atoms with van der Waals surface area (Å²) in [4.78, 5) is 30.0. The maximum atomic E-state index is 14.6. The van der Waals surface area contributed by atoms with Gasteiger partial charge in [-0.1, -0.05) is 73.0 Å². The summed E-state index contributed by atoms with van der Waals surface area (Å²) in [5.74, 6) is -0.822. The molecule has 0 unspecified atom stereocenters. The molecule has 1 aliphatic rings. The Kier molecular flexibility index (Phi) is 10.9. The van der Waals surface area contributed by atoms with Gasteiger partial charge in [0.05, 0.1) is 17.7 Å². The van der Waals surface area contributed by atoms with E-state index in [4.69, 9.17) is 4.74 Å². The van der Waals surface area contributed by atoms with Crippen LogP contribution in [0.5, 0.6) is 5.75 Å². The first-order valence-corrected chi connectivity index (χ1v) is 17.2. The van der Waals surface area contributed by atoms with Gasteiger partial charge in [-0.15, -0.1) is 0 Å². The Bertz CT molecular complexity index is 1740. The quantitative estimate of drug-likeness (QED) is 0.189. The molecule has 1 saturated carbocycles. The number of hydrogen-bond donors (Lipinski definition) is 1. The van der Waals surface area contributed by atoms with E-state index < -0.39 is 34.3 Å². The lowest BCUT2D eigenvalue weighted by molar-refractivity contribution is -0.140. The molecule has 4 aromatic rings. The van der Waals surface area contributed by atoms with Crippen molar-refractivity contribution in [3.63, 3.8) is 0 Å². The van der Waals surface area contributed by atoms with Crippen molar-refractivity contribution in [2.24, 2.45) is 0 Å². The number of methoxy groups -OCH3 is 1. The highest BCUT2D eigenvalue weighted by Crippen LogP contribution is 2.27. The summed E-state index contributed by atoms with van der Waals surface area (Å²) in [6, 6.07) is 27.0. The second-order valence-corrected chi connectivity index (χ2v) is 13.7. The number of amides is 2. The first kappa shape index (κ1) is 33.7. The van der Waals surface area contributed by atoms with Gasteiger partial charge >= 0.3 is 0 Å². The Morgan fingerprint density at radius 2 is 1.51 bits per heavy atom. The summed E-state index contributed by atoms with van der Waals surface area (Å²) in [5.41, 5.74) is 2.67. The molecular weight excluding hydrogens is 617 g/mol. The minimum Gasteiger partial charge on any atom is -0.497 e. The molecule has 10 heteroatoms. The lowest BCUT2D eigenvalue weighted by Crippen LogP contribution is -2.54. The Labute approximate surface area is 276 Å². The average molecular weight is 658 g/mol. The molecule has 0 spiro atoms. The summed E-state index contributed by atoms with van der Waals surface area (Å²) in [5, 5.41) is 3.15. The largest absolute Gasteiger partial charge is 0.497 e. The first-order chi connectivity index (χ1) is 22.6. The number of sulfonamides is 1. The van der Waals surface area contributed by atoms with Gasteiger partial charge in [0, 0.05) is 19.0 Å². The zero-order chi connectivity index (χ0) is 33.4. The summed E-state index contributed by atoms with van der Waals surface area (Å²) in [6.07, 6.45) is 3.96. The first-order valence-electron chi connectivity index (χ1n) is 15.8. The predicted molar refractivity (Wildman–Crippen MR) is 180 cm³/mol. The number of ether oxygens (including phenoxy) is 1. The number of carbonyl (C=O) groups excluding carboxylic acids is 2. The molecule has 0 bridgehead atoms. The number of rotatable bonds is 13. The maximum Gasteiger partial charge on any atom is 0.264 e. The van der Waals surface area contributed by atoms with E-state index in [0.29, 0.717) is 17.0 Å². The van der Waals surface area contributed by atoms with Crippen LogP contribution in [-0.4, -0.2) is 50.9 Å². The van der Waals surface area contributed by atoms with Gasteiger partial charge in [0.1, 0.15) is 24.2 Å². The van der Waals surface area contributed by atoms with E-state index in [1.54, 1.807) is 48.5 Å². The number of nitrogens with one attached hydrogen (secondary N) is 1. The van der Waals surface area contributed by atoms with E-state index in [2.05, 4.69) is 5.32 Å². The fourth-order valence-electron chi connectivity index (χ4n) is 5.82. The standard InChI is InChI=1S/C37H40FN3O5S/c1-27-12-18-32(19-13-27)41(47(44,45)34-22-20-33(46-2)21-23-34)26-36(42)40(25-29-14-16-30(38)17-15-29)35(24-28-8-4-3-5-9-28)37(43)39-31-10-6-7-11-31/h3-5,8-9,12-23,31,35H,6-7,10-11,24-26H2,1-2H3,(H,39,43)/t35-/m1/s1. The Morgan fingerprint density at radius 1 is 0.872 bits per heavy atom. The lowest BCUT2D eigenvalue weighted by Gasteiger charge is -2.34. The molecule has 0 aromatic heterocycles. The van der Waals surface area contributed by atoms with Gasteiger partial charge in [-0.2, -0.15) is 0 Å². The van der Waals surface area contributed by atoms with Crippen LogP contribution in [0.1, 0.15) is 42.4 Å². The van der Waals surface area contributed by atoms with Crippen LogP contribution < -0.4 is 14.4 Å². The summed E-state index contributed by atoms with van der Waals surface area (Å²) in [6.45, 7) is 1.29. The number of anilines is 1. The number of nitrogens with zero attached hydrogens (tertiary/aromatic N) is 2. The molecule has 2 amide bonds. The highest BCUT2D eigenvalue weighted by Gasteiger charge is 2.35. The minimum atomic E-state index is -4.24. The van der Waals surface area contributed by atoms with Crippen LogP contribution in [0.25, 0.3) is 0 Å². The molecule has 0 aliphatic heterocycles. The van der Waals surface area contributed by atoms with Crippen molar-refractivity contribution in [1.82, 2.24) is 10.2 Å². The smallest absolute Gasteiger partial charge is 0.264 e. The molecular formula is C37H40FN3O5S. The van der Waals surface area contributed by atoms with Crippen LogP contribution in [0.2, 0.25) is 0 Å². The van der Waals surface area contributed by atoms with E-state index in [1.165, 1.54) is 36.3 Å². The number of hydrogen-bond acceptors (Lipinski definition) is 5.